The predicted octanol–water partition coefficient (Wildman–Crippen LogP) is 2.34. The van der Waals surface area contributed by atoms with Gasteiger partial charge < -0.3 is 5.32 Å². The molecular formula is C13H22N2OS. The van der Waals surface area contributed by atoms with Gasteiger partial charge in [-0.2, -0.15) is 0 Å². The molecule has 0 saturated carbocycles. The molecule has 1 rings (SSSR count). The van der Waals surface area contributed by atoms with Gasteiger partial charge in [0.05, 0.1) is 6.54 Å². The Balaban J connectivity index is 2.33. The lowest BCUT2D eigenvalue weighted by Crippen LogP contribution is -2.38. The van der Waals surface area contributed by atoms with Gasteiger partial charge in [0.2, 0.25) is 5.91 Å². The summed E-state index contributed by atoms with van der Waals surface area (Å²) >= 11 is 1.74. The van der Waals surface area contributed by atoms with Gasteiger partial charge in [-0.3, -0.25) is 9.69 Å². The van der Waals surface area contributed by atoms with Gasteiger partial charge in [-0.05, 0) is 23.9 Å². The molecule has 0 saturated heterocycles. The number of hydrogen-bond acceptors (Lipinski definition) is 3. The SMILES string of the molecule is CCN(CC(=O)NCC(C)C)Cc1cccs1. The number of carbonyl (C=O) groups is 1. The van der Waals surface area contributed by atoms with E-state index in [1.165, 1.54) is 4.88 Å². The minimum absolute atomic E-state index is 0.122. The Morgan fingerprint density at radius 3 is 2.82 bits per heavy atom. The number of hydrogen-bond donors (Lipinski definition) is 1. The lowest BCUT2D eigenvalue weighted by Gasteiger charge is -2.19. The number of nitrogens with zero attached hydrogens (tertiary/aromatic N) is 1. The zero-order valence-electron chi connectivity index (χ0n) is 10.9. The van der Waals surface area contributed by atoms with Crippen molar-refractivity contribution in [3.63, 3.8) is 0 Å². The van der Waals surface area contributed by atoms with E-state index in [1.807, 2.05) is 6.07 Å². The van der Waals surface area contributed by atoms with Gasteiger partial charge in [0, 0.05) is 18.0 Å². The summed E-state index contributed by atoms with van der Waals surface area (Å²) in [5, 5.41) is 5.02. The molecule has 96 valence electrons. The monoisotopic (exact) mass is 254 g/mol. The fraction of sp³-hybridized carbons (Fsp3) is 0.615. The van der Waals surface area contributed by atoms with E-state index in [2.05, 4.69) is 42.4 Å². The first-order chi connectivity index (χ1) is 8.11. The quantitative estimate of drug-likeness (QED) is 0.810. The third kappa shape index (κ3) is 5.84. The van der Waals surface area contributed by atoms with Crippen LogP contribution in [0.5, 0.6) is 0 Å². The summed E-state index contributed by atoms with van der Waals surface area (Å²) in [6.07, 6.45) is 0. The van der Waals surface area contributed by atoms with E-state index in [-0.39, 0.29) is 5.91 Å². The molecular weight excluding hydrogens is 232 g/mol. The number of carbonyl (C=O) groups excluding carboxylic acids is 1. The summed E-state index contributed by atoms with van der Waals surface area (Å²) < 4.78 is 0. The lowest BCUT2D eigenvalue weighted by molar-refractivity contribution is -0.122. The smallest absolute Gasteiger partial charge is 0.234 e. The molecule has 0 aromatic carbocycles. The Morgan fingerprint density at radius 2 is 2.29 bits per heavy atom. The maximum absolute atomic E-state index is 11.7. The van der Waals surface area contributed by atoms with Gasteiger partial charge in [0.15, 0.2) is 0 Å². The highest BCUT2D eigenvalue weighted by Gasteiger charge is 2.10. The van der Waals surface area contributed by atoms with Gasteiger partial charge in [0.25, 0.3) is 0 Å². The van der Waals surface area contributed by atoms with Crippen LogP contribution in [0.4, 0.5) is 0 Å². The van der Waals surface area contributed by atoms with Crippen molar-refractivity contribution in [1.82, 2.24) is 10.2 Å². The Bertz CT molecular complexity index is 322. The summed E-state index contributed by atoms with van der Waals surface area (Å²) in [6, 6.07) is 4.16. The molecule has 1 aromatic rings. The molecule has 0 aliphatic carbocycles. The molecule has 0 atom stereocenters. The average molecular weight is 254 g/mol. The zero-order chi connectivity index (χ0) is 12.7. The van der Waals surface area contributed by atoms with Gasteiger partial charge in [-0.25, -0.2) is 0 Å². The van der Waals surface area contributed by atoms with E-state index in [4.69, 9.17) is 0 Å². The average Bonchev–Trinajstić information content (AvgIpc) is 2.78. The molecule has 1 N–H and O–H groups in total. The third-order valence-corrected chi connectivity index (χ3v) is 3.34. The fourth-order valence-electron chi connectivity index (χ4n) is 1.48. The second-order valence-corrected chi connectivity index (χ2v) is 5.61. The van der Waals surface area contributed by atoms with Crippen LogP contribution in [-0.2, 0) is 11.3 Å². The molecule has 3 nitrogen and oxygen atoms in total. The molecule has 4 heteroatoms. The summed E-state index contributed by atoms with van der Waals surface area (Å²) in [5.74, 6) is 0.628. The van der Waals surface area contributed by atoms with Crippen LogP contribution in [0.3, 0.4) is 0 Å². The van der Waals surface area contributed by atoms with Crippen molar-refractivity contribution in [3.05, 3.63) is 22.4 Å². The van der Waals surface area contributed by atoms with Gasteiger partial charge >= 0.3 is 0 Å². The minimum Gasteiger partial charge on any atom is -0.355 e. The first-order valence-corrected chi connectivity index (χ1v) is 7.01. The summed E-state index contributed by atoms with van der Waals surface area (Å²) in [6.45, 7) is 9.29. The largest absolute Gasteiger partial charge is 0.355 e. The Labute approximate surface area is 108 Å². The molecule has 0 fully saturated rings. The van der Waals surface area contributed by atoms with Crippen LogP contribution in [0, 0.1) is 5.92 Å². The summed E-state index contributed by atoms with van der Waals surface area (Å²) in [5.41, 5.74) is 0. The second kappa shape index (κ2) is 7.45. The van der Waals surface area contributed by atoms with E-state index in [9.17, 15) is 4.79 Å². The molecule has 0 spiro atoms. The molecule has 0 radical (unpaired) electrons. The van der Waals surface area contributed by atoms with Crippen molar-refractivity contribution < 1.29 is 4.79 Å². The maximum Gasteiger partial charge on any atom is 0.234 e. The van der Waals surface area contributed by atoms with Crippen molar-refractivity contribution in [3.8, 4) is 0 Å². The number of rotatable bonds is 7. The van der Waals surface area contributed by atoms with Crippen molar-refractivity contribution in [2.24, 2.45) is 5.92 Å². The second-order valence-electron chi connectivity index (χ2n) is 4.58. The van der Waals surface area contributed by atoms with Crippen LogP contribution >= 0.6 is 11.3 Å². The predicted molar refractivity (Wildman–Crippen MR) is 73.1 cm³/mol. The van der Waals surface area contributed by atoms with E-state index < -0.39 is 0 Å². The molecule has 0 bridgehead atoms. The van der Waals surface area contributed by atoms with Crippen LogP contribution in [0.25, 0.3) is 0 Å². The normalized spacial score (nSPS) is 11.1. The van der Waals surface area contributed by atoms with Crippen LogP contribution in [0.2, 0.25) is 0 Å². The molecule has 17 heavy (non-hydrogen) atoms. The van der Waals surface area contributed by atoms with E-state index >= 15 is 0 Å². The molecule has 1 heterocycles. The zero-order valence-corrected chi connectivity index (χ0v) is 11.7. The number of amides is 1. The Kier molecular flexibility index (Phi) is 6.22. The van der Waals surface area contributed by atoms with Crippen LogP contribution in [-0.4, -0.2) is 30.4 Å². The fourth-order valence-corrected chi connectivity index (χ4v) is 2.23. The highest BCUT2D eigenvalue weighted by atomic mass is 32.1. The van der Waals surface area contributed by atoms with Gasteiger partial charge in [-0.15, -0.1) is 11.3 Å². The highest BCUT2D eigenvalue weighted by Crippen LogP contribution is 2.11. The van der Waals surface area contributed by atoms with Crippen molar-refractivity contribution >= 4 is 17.2 Å². The van der Waals surface area contributed by atoms with Gasteiger partial charge in [0.1, 0.15) is 0 Å². The molecule has 1 amide bonds. The summed E-state index contributed by atoms with van der Waals surface area (Å²) in [7, 11) is 0. The molecule has 1 aromatic heterocycles. The van der Waals surface area contributed by atoms with Crippen molar-refractivity contribution in [2.45, 2.75) is 27.3 Å². The molecule has 0 aliphatic rings. The van der Waals surface area contributed by atoms with E-state index in [0.29, 0.717) is 12.5 Å². The first kappa shape index (κ1) is 14.2. The first-order valence-electron chi connectivity index (χ1n) is 6.13. The van der Waals surface area contributed by atoms with Crippen LogP contribution < -0.4 is 5.32 Å². The number of nitrogens with one attached hydrogen (secondary N) is 1. The maximum atomic E-state index is 11.7. The van der Waals surface area contributed by atoms with E-state index in [1.54, 1.807) is 11.3 Å². The standard InChI is InChI=1S/C13H22N2OS/c1-4-15(9-12-6-5-7-17-12)10-13(16)14-8-11(2)3/h5-7,11H,4,8-10H2,1-3H3,(H,14,16). The number of likely N-dealkylation sites (N-methyl/N-ethyl adjacent to an activating group) is 1. The van der Waals surface area contributed by atoms with Crippen LogP contribution in [0.15, 0.2) is 17.5 Å². The minimum atomic E-state index is 0.122. The van der Waals surface area contributed by atoms with Crippen molar-refractivity contribution in [1.29, 1.82) is 0 Å². The van der Waals surface area contributed by atoms with Crippen molar-refractivity contribution in [2.75, 3.05) is 19.6 Å². The summed E-state index contributed by atoms with van der Waals surface area (Å²) in [4.78, 5) is 15.2. The highest BCUT2D eigenvalue weighted by molar-refractivity contribution is 7.09. The molecule has 0 unspecified atom stereocenters. The van der Waals surface area contributed by atoms with Gasteiger partial charge in [-0.1, -0.05) is 26.8 Å². The van der Waals surface area contributed by atoms with E-state index in [0.717, 1.165) is 19.6 Å². The molecule has 0 aliphatic heterocycles. The van der Waals surface area contributed by atoms with Crippen LogP contribution in [0.1, 0.15) is 25.6 Å². The number of thiophene rings is 1. The Hall–Kier alpha value is -0.870. The lowest BCUT2D eigenvalue weighted by atomic mass is 10.2. The topological polar surface area (TPSA) is 32.3 Å². The third-order valence-electron chi connectivity index (χ3n) is 2.48. The Morgan fingerprint density at radius 1 is 1.53 bits per heavy atom.